The molecule has 3 aromatic rings. The fourth-order valence-corrected chi connectivity index (χ4v) is 2.56. The monoisotopic (exact) mass is 363 g/mol. The van der Waals surface area contributed by atoms with Crippen molar-refractivity contribution in [2.45, 2.75) is 6.54 Å². The quantitative estimate of drug-likeness (QED) is 0.718. The van der Waals surface area contributed by atoms with E-state index in [1.165, 1.54) is 6.20 Å². The molecule has 1 aromatic carbocycles. The van der Waals surface area contributed by atoms with Crippen LogP contribution in [0, 0.1) is 0 Å². The molecule has 0 bridgehead atoms. The number of hydrogen-bond donors (Lipinski definition) is 2. The highest BCUT2D eigenvalue weighted by atomic mass is 16.6. The topological polar surface area (TPSA) is 98.3 Å². The first-order valence-electron chi connectivity index (χ1n) is 8.46. The Bertz CT molecular complexity index is 949. The maximum absolute atomic E-state index is 12.3. The van der Waals surface area contributed by atoms with Crippen LogP contribution in [0.3, 0.4) is 0 Å². The largest absolute Gasteiger partial charge is 0.486 e. The third-order valence-electron chi connectivity index (χ3n) is 3.84. The summed E-state index contributed by atoms with van der Waals surface area (Å²) in [6.45, 7) is 1.38. The van der Waals surface area contributed by atoms with E-state index < -0.39 is 0 Å². The zero-order chi connectivity index (χ0) is 18.5. The molecule has 0 fully saturated rings. The number of benzene rings is 1. The normalized spacial score (nSPS) is 12.3. The number of nitrogens with one attached hydrogen (secondary N) is 2. The van der Waals surface area contributed by atoms with Crippen molar-refractivity contribution < 1.29 is 14.3 Å². The van der Waals surface area contributed by atoms with E-state index in [0.717, 1.165) is 11.4 Å². The van der Waals surface area contributed by atoms with E-state index in [1.54, 1.807) is 12.3 Å². The number of pyridine rings is 1. The van der Waals surface area contributed by atoms with Gasteiger partial charge in [0.2, 0.25) is 5.95 Å². The number of rotatable bonds is 5. The van der Waals surface area contributed by atoms with Crippen molar-refractivity contribution in [3.8, 4) is 11.5 Å². The van der Waals surface area contributed by atoms with Crippen LogP contribution in [0.2, 0.25) is 0 Å². The highest BCUT2D eigenvalue weighted by Gasteiger charge is 2.13. The average molecular weight is 363 g/mol. The van der Waals surface area contributed by atoms with Crippen molar-refractivity contribution in [3.63, 3.8) is 0 Å². The second-order valence-electron chi connectivity index (χ2n) is 5.75. The maximum atomic E-state index is 12.3. The van der Waals surface area contributed by atoms with Gasteiger partial charge in [-0.2, -0.15) is 0 Å². The van der Waals surface area contributed by atoms with Gasteiger partial charge in [0.15, 0.2) is 11.5 Å². The molecular weight excluding hydrogens is 346 g/mol. The van der Waals surface area contributed by atoms with Gasteiger partial charge >= 0.3 is 0 Å². The second-order valence-corrected chi connectivity index (χ2v) is 5.75. The molecule has 2 aromatic heterocycles. The summed E-state index contributed by atoms with van der Waals surface area (Å²) in [4.78, 5) is 24.9. The van der Waals surface area contributed by atoms with Gasteiger partial charge in [-0.05, 0) is 30.3 Å². The van der Waals surface area contributed by atoms with Crippen LogP contribution in [0.1, 0.15) is 16.2 Å². The average Bonchev–Trinajstić information content (AvgIpc) is 2.73. The Morgan fingerprint density at radius 2 is 1.89 bits per heavy atom. The number of hydrogen-bond acceptors (Lipinski definition) is 7. The van der Waals surface area contributed by atoms with Crippen LogP contribution < -0.4 is 20.1 Å². The minimum atomic E-state index is -0.298. The van der Waals surface area contributed by atoms with Crippen LogP contribution in [-0.2, 0) is 6.54 Å². The summed E-state index contributed by atoms with van der Waals surface area (Å²) in [5.74, 6) is 1.39. The van der Waals surface area contributed by atoms with Crippen molar-refractivity contribution in [3.05, 3.63) is 66.2 Å². The van der Waals surface area contributed by atoms with Crippen molar-refractivity contribution in [2.24, 2.45) is 0 Å². The van der Waals surface area contributed by atoms with Crippen molar-refractivity contribution >= 4 is 17.5 Å². The fourth-order valence-electron chi connectivity index (χ4n) is 2.56. The third kappa shape index (κ3) is 4.12. The summed E-state index contributed by atoms with van der Waals surface area (Å²) in [6, 6.07) is 12.6. The Balaban J connectivity index is 1.43. The van der Waals surface area contributed by atoms with E-state index in [4.69, 9.17) is 9.47 Å². The van der Waals surface area contributed by atoms with Crippen molar-refractivity contribution in [1.29, 1.82) is 0 Å². The predicted octanol–water partition coefficient (Wildman–Crippen LogP) is 2.32. The van der Waals surface area contributed by atoms with Crippen LogP contribution >= 0.6 is 0 Å². The summed E-state index contributed by atoms with van der Waals surface area (Å²) >= 11 is 0. The van der Waals surface area contributed by atoms with Crippen LogP contribution in [-0.4, -0.2) is 34.1 Å². The first-order chi connectivity index (χ1) is 13.3. The molecule has 0 spiro atoms. The van der Waals surface area contributed by atoms with E-state index in [9.17, 15) is 4.79 Å². The van der Waals surface area contributed by atoms with Gasteiger partial charge in [0, 0.05) is 24.1 Å². The van der Waals surface area contributed by atoms with Crippen molar-refractivity contribution in [1.82, 2.24) is 20.3 Å². The lowest BCUT2D eigenvalue weighted by molar-refractivity contribution is 0.0945. The number of amides is 1. The number of nitrogens with zero attached hydrogens (tertiary/aromatic N) is 3. The fraction of sp³-hybridized carbons (Fsp3) is 0.158. The first-order valence-corrected chi connectivity index (χ1v) is 8.46. The molecule has 1 aliphatic heterocycles. The summed E-state index contributed by atoms with van der Waals surface area (Å²) in [6.07, 6.45) is 3.21. The Hall–Kier alpha value is -3.68. The molecule has 1 amide bonds. The highest BCUT2D eigenvalue weighted by Crippen LogP contribution is 2.33. The molecule has 0 aliphatic carbocycles. The number of ether oxygens (including phenoxy) is 2. The summed E-state index contributed by atoms with van der Waals surface area (Å²) in [5, 5.41) is 5.86. The predicted molar refractivity (Wildman–Crippen MR) is 98.2 cm³/mol. The summed E-state index contributed by atoms with van der Waals surface area (Å²) in [5.41, 5.74) is 1.78. The number of fused-ring (bicyclic) bond motifs is 1. The Morgan fingerprint density at radius 3 is 2.74 bits per heavy atom. The van der Waals surface area contributed by atoms with Crippen LogP contribution in [0.5, 0.6) is 11.5 Å². The van der Waals surface area contributed by atoms with Gasteiger partial charge < -0.3 is 20.1 Å². The smallest absolute Gasteiger partial charge is 0.270 e. The van der Waals surface area contributed by atoms with E-state index in [-0.39, 0.29) is 11.6 Å². The van der Waals surface area contributed by atoms with Gasteiger partial charge in [-0.3, -0.25) is 9.78 Å². The number of aromatic nitrogens is 3. The van der Waals surface area contributed by atoms with E-state index >= 15 is 0 Å². The maximum Gasteiger partial charge on any atom is 0.270 e. The van der Waals surface area contributed by atoms with Crippen LogP contribution in [0.15, 0.2) is 54.9 Å². The van der Waals surface area contributed by atoms with Gasteiger partial charge in [-0.25, -0.2) is 9.97 Å². The SMILES string of the molecule is O=C(NCc1ccccn1)c1ccnc(Nc2ccc3c(c2)OCCO3)n1. The van der Waals surface area contributed by atoms with Crippen molar-refractivity contribution in [2.75, 3.05) is 18.5 Å². The third-order valence-corrected chi connectivity index (χ3v) is 3.84. The molecule has 2 N–H and O–H groups in total. The van der Waals surface area contributed by atoms with Crippen LogP contribution in [0.4, 0.5) is 11.6 Å². The zero-order valence-corrected chi connectivity index (χ0v) is 14.4. The zero-order valence-electron chi connectivity index (χ0n) is 14.4. The minimum absolute atomic E-state index is 0.265. The molecule has 0 unspecified atom stereocenters. The molecule has 8 nitrogen and oxygen atoms in total. The molecule has 3 heterocycles. The number of carbonyl (C=O) groups excluding carboxylic acids is 1. The lowest BCUT2D eigenvalue weighted by atomic mass is 10.2. The lowest BCUT2D eigenvalue weighted by Gasteiger charge is -2.19. The first kappa shape index (κ1) is 16.8. The van der Waals surface area contributed by atoms with E-state index in [1.807, 2.05) is 36.4 Å². The minimum Gasteiger partial charge on any atom is -0.486 e. The number of anilines is 2. The molecule has 8 heteroatoms. The van der Waals surface area contributed by atoms with E-state index in [2.05, 4.69) is 25.6 Å². The van der Waals surface area contributed by atoms with Gasteiger partial charge in [-0.15, -0.1) is 0 Å². The highest BCUT2D eigenvalue weighted by molar-refractivity contribution is 5.92. The molecule has 0 saturated carbocycles. The Morgan fingerprint density at radius 1 is 1.00 bits per heavy atom. The van der Waals surface area contributed by atoms with Gasteiger partial charge in [0.25, 0.3) is 5.91 Å². The molecule has 136 valence electrons. The van der Waals surface area contributed by atoms with Crippen LogP contribution in [0.25, 0.3) is 0 Å². The van der Waals surface area contributed by atoms with Gasteiger partial charge in [0.05, 0.1) is 12.2 Å². The van der Waals surface area contributed by atoms with E-state index in [0.29, 0.717) is 37.2 Å². The lowest BCUT2D eigenvalue weighted by Crippen LogP contribution is -2.24. The molecule has 0 radical (unpaired) electrons. The Kier molecular flexibility index (Phi) is 4.78. The summed E-state index contributed by atoms with van der Waals surface area (Å²) < 4.78 is 11.1. The molecule has 1 aliphatic rings. The molecule has 4 rings (SSSR count). The standard InChI is InChI=1S/C19H17N5O3/c25-18(22-12-14-3-1-2-7-20-14)15-6-8-21-19(24-15)23-13-4-5-16-17(11-13)27-10-9-26-16/h1-8,11H,9-10,12H2,(H,22,25)(H,21,23,24). The molecule has 0 saturated heterocycles. The molecule has 0 atom stereocenters. The second kappa shape index (κ2) is 7.69. The Labute approximate surface area is 155 Å². The molecule has 27 heavy (non-hydrogen) atoms. The summed E-state index contributed by atoms with van der Waals surface area (Å²) in [7, 11) is 0. The van der Waals surface area contributed by atoms with Gasteiger partial charge in [0.1, 0.15) is 18.9 Å². The number of carbonyl (C=O) groups is 1. The van der Waals surface area contributed by atoms with Gasteiger partial charge in [-0.1, -0.05) is 6.07 Å². The molecular formula is C19H17N5O3.